The first-order valence-electron chi connectivity index (χ1n) is 9.22. The van der Waals surface area contributed by atoms with Crippen LogP contribution in [0.5, 0.6) is 0 Å². The maximum Gasteiger partial charge on any atom is 0.410 e. The van der Waals surface area contributed by atoms with Crippen LogP contribution in [0.3, 0.4) is 0 Å². The minimum Gasteiger partial charge on any atom is -0.479 e. The van der Waals surface area contributed by atoms with Gasteiger partial charge in [-0.3, -0.25) is 9.79 Å². The Balaban J connectivity index is 1.74. The summed E-state index contributed by atoms with van der Waals surface area (Å²) in [7, 11) is 1.66. The summed E-state index contributed by atoms with van der Waals surface area (Å²) < 4.78 is 4.77. The lowest BCUT2D eigenvalue weighted by Crippen LogP contribution is -2.36. The molecule has 8 nitrogen and oxygen atoms in total. The highest BCUT2D eigenvalue weighted by Crippen LogP contribution is 2.36. The smallest absolute Gasteiger partial charge is 0.410 e. The Morgan fingerprint density at radius 2 is 2.07 bits per heavy atom. The molecular formula is C21H21N3O5S. The summed E-state index contributed by atoms with van der Waals surface area (Å²) in [5.41, 5.74) is 2.77. The Morgan fingerprint density at radius 1 is 1.30 bits per heavy atom. The highest BCUT2D eigenvalue weighted by molar-refractivity contribution is 7.17. The first-order chi connectivity index (χ1) is 14.5. The fourth-order valence-corrected chi connectivity index (χ4v) is 4.29. The Morgan fingerprint density at radius 3 is 2.77 bits per heavy atom. The molecule has 0 radical (unpaired) electrons. The number of carbonyl (C=O) groups excluding carboxylic acids is 2. The predicted molar refractivity (Wildman–Crippen MR) is 115 cm³/mol. The van der Waals surface area contributed by atoms with Crippen molar-refractivity contribution in [3.8, 4) is 0 Å². The zero-order chi connectivity index (χ0) is 21.5. The highest BCUT2D eigenvalue weighted by Gasteiger charge is 2.27. The molecule has 1 aliphatic heterocycles. The van der Waals surface area contributed by atoms with Gasteiger partial charge in [-0.15, -0.1) is 11.3 Å². The minimum absolute atomic E-state index is 0.263. The summed E-state index contributed by atoms with van der Waals surface area (Å²) in [5, 5.41) is 12.2. The molecule has 1 aliphatic rings. The van der Waals surface area contributed by atoms with Crippen molar-refractivity contribution < 1.29 is 24.2 Å². The number of ether oxygens (including phenoxy) is 1. The lowest BCUT2D eigenvalue weighted by molar-refractivity contribution is -0.140. The van der Waals surface area contributed by atoms with E-state index in [9.17, 15) is 14.4 Å². The zero-order valence-corrected chi connectivity index (χ0v) is 17.1. The molecule has 0 spiro atoms. The number of hydrogen-bond donors (Lipinski definition) is 2. The molecular weight excluding hydrogens is 406 g/mol. The highest BCUT2D eigenvalue weighted by atomic mass is 32.1. The van der Waals surface area contributed by atoms with E-state index in [-0.39, 0.29) is 5.91 Å². The van der Waals surface area contributed by atoms with Crippen LogP contribution in [0.1, 0.15) is 21.6 Å². The van der Waals surface area contributed by atoms with E-state index in [4.69, 9.17) is 9.84 Å². The van der Waals surface area contributed by atoms with Gasteiger partial charge in [0.15, 0.2) is 6.61 Å². The van der Waals surface area contributed by atoms with E-state index >= 15 is 0 Å². The molecule has 0 unspecified atom stereocenters. The van der Waals surface area contributed by atoms with E-state index in [0.29, 0.717) is 24.5 Å². The standard InChI is InChI=1S/C21H21N3O5S/c1-22-11-16-15-9-10-24(21(28)29-13-19(26)27)12-17(15)30-20(16)23-18(25)8-7-14-5-3-2-4-6-14/h2-8,11H,9-10,12-13H2,1H3,(H,23,25)(H,26,27)/b8-7+,22-11?. The summed E-state index contributed by atoms with van der Waals surface area (Å²) in [6.07, 6.45) is 4.79. The average molecular weight is 427 g/mol. The average Bonchev–Trinajstić information content (AvgIpc) is 3.07. The number of nitrogens with zero attached hydrogens (tertiary/aromatic N) is 2. The monoisotopic (exact) mass is 427 g/mol. The van der Waals surface area contributed by atoms with Crippen molar-refractivity contribution in [2.24, 2.45) is 4.99 Å². The quantitative estimate of drug-likeness (QED) is 0.544. The van der Waals surface area contributed by atoms with Crippen LogP contribution in [-0.4, -0.2) is 54.4 Å². The van der Waals surface area contributed by atoms with Gasteiger partial charge in [0.05, 0.1) is 6.54 Å². The van der Waals surface area contributed by atoms with E-state index in [0.717, 1.165) is 21.6 Å². The molecule has 0 saturated carbocycles. The number of amides is 2. The number of carboxylic acid groups (broad SMARTS) is 1. The van der Waals surface area contributed by atoms with Crippen molar-refractivity contribution in [3.05, 3.63) is 58.0 Å². The summed E-state index contributed by atoms with van der Waals surface area (Å²) in [6, 6.07) is 9.51. The summed E-state index contributed by atoms with van der Waals surface area (Å²) in [5.74, 6) is -1.46. The lowest BCUT2D eigenvalue weighted by Gasteiger charge is -2.26. The third-order valence-corrected chi connectivity index (χ3v) is 5.54. The van der Waals surface area contributed by atoms with Crippen molar-refractivity contribution in [2.45, 2.75) is 13.0 Å². The lowest BCUT2D eigenvalue weighted by atomic mass is 10.0. The number of aliphatic imine (C=N–C) groups is 1. The number of carbonyl (C=O) groups is 3. The fourth-order valence-electron chi connectivity index (χ4n) is 3.05. The molecule has 9 heteroatoms. The maximum absolute atomic E-state index is 12.4. The second kappa shape index (κ2) is 9.84. The number of thiophene rings is 1. The molecule has 1 aromatic heterocycles. The molecule has 0 fully saturated rings. The Kier molecular flexibility index (Phi) is 6.97. The number of benzene rings is 1. The van der Waals surface area contributed by atoms with E-state index in [2.05, 4.69) is 10.3 Å². The zero-order valence-electron chi connectivity index (χ0n) is 16.3. The van der Waals surface area contributed by atoms with Crippen molar-refractivity contribution in [1.82, 2.24) is 4.90 Å². The molecule has 0 saturated heterocycles. The van der Waals surface area contributed by atoms with E-state index in [1.807, 2.05) is 30.3 Å². The van der Waals surface area contributed by atoms with Gasteiger partial charge in [0.25, 0.3) is 0 Å². The first kappa shape index (κ1) is 21.3. The molecule has 1 aromatic carbocycles. The van der Waals surface area contributed by atoms with Crippen LogP contribution in [0.4, 0.5) is 9.80 Å². The minimum atomic E-state index is -1.20. The van der Waals surface area contributed by atoms with Gasteiger partial charge in [-0.1, -0.05) is 30.3 Å². The van der Waals surface area contributed by atoms with Crippen LogP contribution in [0.15, 0.2) is 41.4 Å². The largest absolute Gasteiger partial charge is 0.479 e. The van der Waals surface area contributed by atoms with Crippen molar-refractivity contribution >= 4 is 46.6 Å². The normalized spacial score (nSPS) is 13.4. The topological polar surface area (TPSA) is 108 Å². The Hall–Kier alpha value is -3.46. The van der Waals surface area contributed by atoms with Gasteiger partial charge in [0.2, 0.25) is 5.91 Å². The van der Waals surface area contributed by atoms with Gasteiger partial charge in [0.1, 0.15) is 5.00 Å². The number of hydrogen-bond acceptors (Lipinski definition) is 6. The van der Waals surface area contributed by atoms with Crippen molar-refractivity contribution in [1.29, 1.82) is 0 Å². The van der Waals surface area contributed by atoms with Crippen molar-refractivity contribution in [2.75, 3.05) is 25.5 Å². The number of carboxylic acids is 1. The molecule has 30 heavy (non-hydrogen) atoms. The van der Waals surface area contributed by atoms with Crippen LogP contribution >= 0.6 is 11.3 Å². The second-order valence-electron chi connectivity index (χ2n) is 6.49. The predicted octanol–water partition coefficient (Wildman–Crippen LogP) is 3.03. The van der Waals surface area contributed by atoms with E-state index in [1.165, 1.54) is 22.3 Å². The van der Waals surface area contributed by atoms with Gasteiger partial charge < -0.3 is 20.1 Å². The van der Waals surface area contributed by atoms with Crippen LogP contribution in [0.2, 0.25) is 0 Å². The molecule has 2 N–H and O–H groups in total. The molecule has 0 atom stereocenters. The van der Waals surface area contributed by atoms with E-state index < -0.39 is 18.7 Å². The summed E-state index contributed by atoms with van der Waals surface area (Å²) in [6.45, 7) is 0.0161. The fraction of sp³-hybridized carbons (Fsp3) is 0.238. The molecule has 2 aromatic rings. The van der Waals surface area contributed by atoms with Gasteiger partial charge in [-0.05, 0) is 23.6 Å². The van der Waals surface area contributed by atoms with Gasteiger partial charge in [0, 0.05) is 36.3 Å². The second-order valence-corrected chi connectivity index (χ2v) is 7.59. The van der Waals surface area contributed by atoms with Crippen LogP contribution in [0.25, 0.3) is 6.08 Å². The van der Waals surface area contributed by atoms with E-state index in [1.54, 1.807) is 19.3 Å². The van der Waals surface area contributed by atoms with Crippen LogP contribution < -0.4 is 5.32 Å². The number of nitrogens with one attached hydrogen (secondary N) is 1. The van der Waals surface area contributed by atoms with Gasteiger partial charge in [-0.2, -0.15) is 0 Å². The van der Waals surface area contributed by atoms with Crippen molar-refractivity contribution in [3.63, 3.8) is 0 Å². The molecule has 2 heterocycles. The molecule has 3 rings (SSSR count). The number of rotatable bonds is 6. The number of fused-ring (bicyclic) bond motifs is 1. The summed E-state index contributed by atoms with van der Waals surface area (Å²) in [4.78, 5) is 41.5. The molecule has 156 valence electrons. The third kappa shape index (κ3) is 5.32. The molecule has 0 bridgehead atoms. The van der Waals surface area contributed by atoms with Gasteiger partial charge in [-0.25, -0.2) is 9.59 Å². The van der Waals surface area contributed by atoms with Crippen LogP contribution in [-0.2, 0) is 27.3 Å². The molecule has 0 aliphatic carbocycles. The maximum atomic E-state index is 12.4. The van der Waals surface area contributed by atoms with Crippen LogP contribution in [0, 0.1) is 0 Å². The van der Waals surface area contributed by atoms with Gasteiger partial charge >= 0.3 is 12.1 Å². The Labute approximate surface area is 177 Å². The number of anilines is 1. The summed E-state index contributed by atoms with van der Waals surface area (Å²) >= 11 is 1.37. The molecule has 2 amide bonds. The SMILES string of the molecule is CN=Cc1c(NC(=O)/C=C/c2ccccc2)sc2c1CCN(C(=O)OCC(=O)O)C2. The third-order valence-electron chi connectivity index (χ3n) is 4.40. The first-order valence-corrected chi connectivity index (χ1v) is 10.0. The Bertz CT molecular complexity index is 998. The number of aliphatic carboxylic acids is 1.